The van der Waals surface area contributed by atoms with Gasteiger partial charge in [-0.2, -0.15) is 0 Å². The molecule has 5 aromatic rings. The molecule has 0 bridgehead atoms. The third-order valence-electron chi connectivity index (χ3n) is 6.43. The summed E-state index contributed by atoms with van der Waals surface area (Å²) in [6.07, 6.45) is 1.57. The van der Waals surface area contributed by atoms with Gasteiger partial charge >= 0.3 is 0 Å². The molecular weight excluding hydrogens is 440 g/mol. The fourth-order valence-corrected chi connectivity index (χ4v) is 4.37. The van der Waals surface area contributed by atoms with Crippen LogP contribution in [-0.4, -0.2) is 27.1 Å². The molecule has 5 rings (SSSR count). The van der Waals surface area contributed by atoms with Crippen LogP contribution >= 0.6 is 0 Å². The van der Waals surface area contributed by atoms with Crippen LogP contribution in [0.1, 0.15) is 16.7 Å². The number of rotatable bonds is 6. The lowest BCUT2D eigenvalue weighted by Gasteiger charge is -2.12. The summed E-state index contributed by atoms with van der Waals surface area (Å²) < 4.78 is 8.56. The first-order valence-electron chi connectivity index (χ1n) is 11.4. The van der Waals surface area contributed by atoms with Crippen LogP contribution in [0.4, 0.5) is 5.69 Å². The van der Waals surface area contributed by atoms with Crippen molar-refractivity contribution in [1.82, 2.24) is 14.1 Å². The lowest BCUT2D eigenvalue weighted by atomic mass is 10.1. The first-order valence-corrected chi connectivity index (χ1v) is 11.4. The van der Waals surface area contributed by atoms with E-state index < -0.39 is 0 Å². The molecule has 0 spiro atoms. The number of carbonyl (C=O) groups is 1. The minimum Gasteiger partial charge on any atom is -0.497 e. The Hall–Kier alpha value is -4.39. The number of anilines is 1. The van der Waals surface area contributed by atoms with Crippen molar-refractivity contribution >= 4 is 33.5 Å². The number of aromatic nitrogens is 3. The molecule has 7 heteroatoms. The lowest BCUT2D eigenvalue weighted by Crippen LogP contribution is -2.25. The fraction of sp³-hybridized carbons (Fsp3) is 0.179. The van der Waals surface area contributed by atoms with Crippen molar-refractivity contribution < 1.29 is 9.53 Å². The summed E-state index contributed by atoms with van der Waals surface area (Å²) in [4.78, 5) is 31.4. The van der Waals surface area contributed by atoms with Gasteiger partial charge in [-0.05, 0) is 54.8 Å². The van der Waals surface area contributed by atoms with E-state index in [1.807, 2.05) is 80.6 Å². The zero-order chi connectivity index (χ0) is 24.5. The van der Waals surface area contributed by atoms with Crippen molar-refractivity contribution in [2.75, 3.05) is 12.4 Å². The standard InChI is InChI=1S/C28H26N4O3/c1-18-7-6-9-23(19(18)2)30-25(33)16-32-24-10-5-4-8-22(24)26-27(32)28(34)31(17-29-26)15-20-11-13-21(35-3)14-12-20/h4-14,17H,15-16H2,1-3H3,(H,30,33). The summed E-state index contributed by atoms with van der Waals surface area (Å²) in [5, 5.41) is 3.85. The molecule has 0 saturated heterocycles. The molecule has 1 N–H and O–H groups in total. The third kappa shape index (κ3) is 4.17. The van der Waals surface area contributed by atoms with E-state index >= 15 is 0 Å². The van der Waals surface area contributed by atoms with E-state index in [0.29, 0.717) is 17.6 Å². The summed E-state index contributed by atoms with van der Waals surface area (Å²) in [7, 11) is 1.62. The van der Waals surface area contributed by atoms with Crippen LogP contribution in [0.15, 0.2) is 77.9 Å². The predicted octanol–water partition coefficient (Wildman–Crippen LogP) is 4.66. The Labute approximate surface area is 202 Å². The van der Waals surface area contributed by atoms with Gasteiger partial charge in [-0.25, -0.2) is 4.98 Å². The van der Waals surface area contributed by atoms with Gasteiger partial charge in [-0.3, -0.25) is 14.2 Å². The van der Waals surface area contributed by atoms with Gasteiger partial charge in [-0.1, -0.05) is 42.5 Å². The second-order valence-corrected chi connectivity index (χ2v) is 8.62. The van der Waals surface area contributed by atoms with Crippen LogP contribution in [0.2, 0.25) is 0 Å². The SMILES string of the molecule is COc1ccc(Cn2cnc3c4ccccc4n(CC(=O)Nc4cccc(C)c4C)c3c2=O)cc1. The summed E-state index contributed by atoms with van der Waals surface area (Å²) in [5.41, 5.74) is 5.45. The highest BCUT2D eigenvalue weighted by Gasteiger charge is 2.18. The third-order valence-corrected chi connectivity index (χ3v) is 6.43. The molecule has 2 heterocycles. The second kappa shape index (κ2) is 9.10. The molecule has 7 nitrogen and oxygen atoms in total. The average molecular weight is 467 g/mol. The van der Waals surface area contributed by atoms with Crippen molar-refractivity contribution in [3.63, 3.8) is 0 Å². The number of fused-ring (bicyclic) bond motifs is 3. The minimum atomic E-state index is -0.202. The van der Waals surface area contributed by atoms with E-state index in [-0.39, 0.29) is 18.0 Å². The molecular formula is C28H26N4O3. The monoisotopic (exact) mass is 466 g/mol. The predicted molar refractivity (Wildman–Crippen MR) is 138 cm³/mol. The number of carbonyl (C=O) groups excluding carboxylic acids is 1. The van der Waals surface area contributed by atoms with Gasteiger partial charge in [0.25, 0.3) is 5.56 Å². The molecule has 1 amide bonds. The van der Waals surface area contributed by atoms with Gasteiger partial charge in [0.05, 0.1) is 25.5 Å². The molecule has 0 saturated carbocycles. The smallest absolute Gasteiger partial charge is 0.278 e. The Kier molecular flexibility index (Phi) is 5.82. The molecule has 0 atom stereocenters. The fourth-order valence-electron chi connectivity index (χ4n) is 4.37. The summed E-state index contributed by atoms with van der Waals surface area (Å²) in [6.45, 7) is 4.35. The molecule has 2 aromatic heterocycles. The first kappa shape index (κ1) is 22.4. The Morgan fingerprint density at radius 1 is 1.00 bits per heavy atom. The molecule has 0 aliphatic heterocycles. The van der Waals surface area contributed by atoms with Crippen molar-refractivity contribution in [3.05, 3.63) is 100 Å². The zero-order valence-corrected chi connectivity index (χ0v) is 19.9. The van der Waals surface area contributed by atoms with E-state index in [0.717, 1.165) is 39.0 Å². The van der Waals surface area contributed by atoms with Crippen molar-refractivity contribution in [1.29, 1.82) is 0 Å². The molecule has 35 heavy (non-hydrogen) atoms. The van der Waals surface area contributed by atoms with E-state index in [2.05, 4.69) is 10.3 Å². The number of hydrogen-bond donors (Lipinski definition) is 1. The van der Waals surface area contributed by atoms with E-state index in [9.17, 15) is 9.59 Å². The van der Waals surface area contributed by atoms with E-state index in [1.54, 1.807) is 22.6 Å². The normalized spacial score (nSPS) is 11.2. The van der Waals surface area contributed by atoms with Crippen LogP contribution in [0.5, 0.6) is 5.75 Å². The van der Waals surface area contributed by atoms with E-state index in [4.69, 9.17) is 4.74 Å². The van der Waals surface area contributed by atoms with Crippen molar-refractivity contribution in [2.24, 2.45) is 0 Å². The lowest BCUT2D eigenvalue weighted by molar-refractivity contribution is -0.116. The highest BCUT2D eigenvalue weighted by atomic mass is 16.5. The molecule has 0 radical (unpaired) electrons. The molecule has 176 valence electrons. The second-order valence-electron chi connectivity index (χ2n) is 8.62. The van der Waals surface area contributed by atoms with Crippen molar-refractivity contribution in [3.8, 4) is 5.75 Å². The van der Waals surface area contributed by atoms with Gasteiger partial charge in [0.15, 0.2) is 0 Å². The Morgan fingerprint density at radius 2 is 1.77 bits per heavy atom. The maximum Gasteiger partial charge on any atom is 0.278 e. The van der Waals surface area contributed by atoms with Crippen LogP contribution in [-0.2, 0) is 17.9 Å². The largest absolute Gasteiger partial charge is 0.497 e. The topological polar surface area (TPSA) is 78.2 Å². The Balaban J connectivity index is 1.56. The maximum absolute atomic E-state index is 13.6. The van der Waals surface area contributed by atoms with Crippen molar-refractivity contribution in [2.45, 2.75) is 26.9 Å². The number of methoxy groups -OCH3 is 1. The van der Waals surface area contributed by atoms with Crippen LogP contribution in [0.25, 0.3) is 21.9 Å². The highest BCUT2D eigenvalue weighted by Crippen LogP contribution is 2.26. The highest BCUT2D eigenvalue weighted by molar-refractivity contribution is 6.06. The average Bonchev–Trinajstić information content (AvgIpc) is 3.18. The molecule has 3 aromatic carbocycles. The zero-order valence-electron chi connectivity index (χ0n) is 19.9. The van der Waals surface area contributed by atoms with Crippen LogP contribution in [0.3, 0.4) is 0 Å². The summed E-state index contributed by atoms with van der Waals surface area (Å²) in [6, 6.07) is 21.0. The van der Waals surface area contributed by atoms with E-state index in [1.165, 1.54) is 0 Å². The number of hydrogen-bond acceptors (Lipinski definition) is 4. The van der Waals surface area contributed by atoms with Crippen LogP contribution < -0.4 is 15.6 Å². The van der Waals surface area contributed by atoms with Gasteiger partial charge in [-0.15, -0.1) is 0 Å². The number of ether oxygens (including phenoxy) is 1. The quantitative estimate of drug-likeness (QED) is 0.395. The number of benzene rings is 3. The van der Waals surface area contributed by atoms with Gasteiger partial charge in [0.1, 0.15) is 23.3 Å². The maximum atomic E-state index is 13.6. The molecule has 0 unspecified atom stereocenters. The summed E-state index contributed by atoms with van der Waals surface area (Å²) >= 11 is 0. The molecule has 0 aliphatic rings. The van der Waals surface area contributed by atoms with Gasteiger partial charge in [0.2, 0.25) is 5.91 Å². The molecule has 0 aliphatic carbocycles. The van der Waals surface area contributed by atoms with Gasteiger partial charge in [0, 0.05) is 11.1 Å². The number of nitrogens with zero attached hydrogens (tertiary/aromatic N) is 3. The van der Waals surface area contributed by atoms with Gasteiger partial charge < -0.3 is 14.6 Å². The number of aryl methyl sites for hydroxylation is 1. The minimum absolute atomic E-state index is 0.000858. The molecule has 0 fully saturated rings. The first-order chi connectivity index (χ1) is 17.0. The Bertz CT molecular complexity index is 1610. The summed E-state index contributed by atoms with van der Waals surface area (Å²) in [5.74, 6) is 0.552. The Morgan fingerprint density at radius 3 is 2.54 bits per heavy atom. The van der Waals surface area contributed by atoms with Crippen LogP contribution in [0, 0.1) is 13.8 Å². The number of nitrogens with one attached hydrogen (secondary N) is 1. The number of para-hydroxylation sites is 1. The number of amides is 1.